The lowest BCUT2D eigenvalue weighted by Gasteiger charge is -2.18. The topological polar surface area (TPSA) is 46.3 Å². The van der Waals surface area contributed by atoms with E-state index in [1.807, 2.05) is 4.90 Å². The van der Waals surface area contributed by atoms with Gasteiger partial charge in [0.15, 0.2) is 0 Å². The van der Waals surface area contributed by atoms with Crippen LogP contribution in [0.1, 0.15) is 24.8 Å². The van der Waals surface area contributed by atoms with Crippen molar-refractivity contribution in [3.05, 3.63) is 22.4 Å². The van der Waals surface area contributed by atoms with E-state index >= 15 is 0 Å². The SMILES string of the molecule is Cl.NC1CCC2CN(C(=O)CCc3ccsc3)CC12. The molecular formula is C14H21ClN2OS. The van der Waals surface area contributed by atoms with E-state index in [0.717, 1.165) is 25.9 Å². The van der Waals surface area contributed by atoms with Crippen LogP contribution in [0.15, 0.2) is 16.8 Å². The number of rotatable bonds is 3. The first kappa shape index (κ1) is 14.8. The van der Waals surface area contributed by atoms with E-state index in [1.54, 1.807) is 11.3 Å². The van der Waals surface area contributed by atoms with E-state index in [-0.39, 0.29) is 12.4 Å². The first-order chi connectivity index (χ1) is 8.74. The van der Waals surface area contributed by atoms with Crippen molar-refractivity contribution in [1.29, 1.82) is 0 Å². The monoisotopic (exact) mass is 300 g/mol. The molecule has 106 valence electrons. The molecule has 0 bridgehead atoms. The van der Waals surface area contributed by atoms with Crippen molar-refractivity contribution in [3.8, 4) is 0 Å². The highest BCUT2D eigenvalue weighted by atomic mass is 35.5. The smallest absolute Gasteiger partial charge is 0.222 e. The Morgan fingerprint density at radius 3 is 2.95 bits per heavy atom. The molecule has 1 aromatic heterocycles. The number of nitrogens with zero attached hydrogens (tertiary/aromatic N) is 1. The lowest BCUT2D eigenvalue weighted by atomic mass is 9.98. The maximum Gasteiger partial charge on any atom is 0.222 e. The van der Waals surface area contributed by atoms with Crippen LogP contribution in [-0.4, -0.2) is 29.9 Å². The number of carbonyl (C=O) groups excluding carboxylic acids is 1. The van der Waals surface area contributed by atoms with Gasteiger partial charge in [0.25, 0.3) is 0 Å². The summed E-state index contributed by atoms with van der Waals surface area (Å²) in [5.41, 5.74) is 7.38. The average molecular weight is 301 g/mol. The van der Waals surface area contributed by atoms with E-state index in [0.29, 0.717) is 30.2 Å². The molecule has 1 aliphatic carbocycles. The summed E-state index contributed by atoms with van der Waals surface area (Å²) in [4.78, 5) is 14.2. The number of amides is 1. The molecule has 1 aromatic rings. The summed E-state index contributed by atoms with van der Waals surface area (Å²) >= 11 is 1.70. The molecule has 1 saturated carbocycles. The minimum atomic E-state index is 0. The summed E-state index contributed by atoms with van der Waals surface area (Å²) in [6.45, 7) is 1.84. The number of fused-ring (bicyclic) bond motifs is 1. The molecule has 2 heterocycles. The molecule has 2 aliphatic rings. The van der Waals surface area contributed by atoms with Crippen LogP contribution in [0.2, 0.25) is 0 Å². The Balaban J connectivity index is 0.00000133. The number of aryl methyl sites for hydroxylation is 1. The number of hydrogen-bond donors (Lipinski definition) is 1. The largest absolute Gasteiger partial charge is 0.342 e. The Morgan fingerprint density at radius 2 is 2.26 bits per heavy atom. The second-order valence-electron chi connectivity index (χ2n) is 5.60. The normalized spacial score (nSPS) is 29.1. The van der Waals surface area contributed by atoms with Gasteiger partial charge in [0.2, 0.25) is 5.91 Å². The Hall–Kier alpha value is -0.580. The van der Waals surface area contributed by atoms with Crippen molar-refractivity contribution < 1.29 is 4.79 Å². The molecule has 1 aliphatic heterocycles. The summed E-state index contributed by atoms with van der Waals surface area (Å²) < 4.78 is 0. The number of thiophene rings is 1. The van der Waals surface area contributed by atoms with Crippen molar-refractivity contribution >= 4 is 29.7 Å². The Bertz CT molecular complexity index is 423. The molecule has 19 heavy (non-hydrogen) atoms. The summed E-state index contributed by atoms with van der Waals surface area (Å²) in [5, 5.41) is 4.20. The van der Waals surface area contributed by atoms with Crippen LogP contribution >= 0.6 is 23.7 Å². The van der Waals surface area contributed by atoms with Gasteiger partial charge in [0, 0.05) is 25.6 Å². The maximum atomic E-state index is 12.2. The first-order valence-corrected chi connectivity index (χ1v) is 7.73. The van der Waals surface area contributed by atoms with Gasteiger partial charge in [-0.1, -0.05) is 0 Å². The van der Waals surface area contributed by atoms with Crippen LogP contribution in [0.25, 0.3) is 0 Å². The fraction of sp³-hybridized carbons (Fsp3) is 0.643. The zero-order valence-electron chi connectivity index (χ0n) is 11.0. The average Bonchev–Trinajstić information content (AvgIpc) is 3.05. The van der Waals surface area contributed by atoms with E-state index in [1.165, 1.54) is 12.0 Å². The van der Waals surface area contributed by atoms with Crippen LogP contribution in [0.5, 0.6) is 0 Å². The first-order valence-electron chi connectivity index (χ1n) is 6.78. The molecule has 2 fully saturated rings. The van der Waals surface area contributed by atoms with Crippen molar-refractivity contribution in [2.24, 2.45) is 17.6 Å². The Kier molecular flexibility index (Phi) is 4.87. The molecule has 0 aromatic carbocycles. The van der Waals surface area contributed by atoms with Gasteiger partial charge in [0.05, 0.1) is 0 Å². The predicted molar refractivity (Wildman–Crippen MR) is 80.7 cm³/mol. The van der Waals surface area contributed by atoms with Gasteiger partial charge in [-0.05, 0) is 53.5 Å². The third-order valence-electron chi connectivity index (χ3n) is 4.47. The van der Waals surface area contributed by atoms with Gasteiger partial charge in [-0.25, -0.2) is 0 Å². The second kappa shape index (κ2) is 6.25. The van der Waals surface area contributed by atoms with E-state index < -0.39 is 0 Å². The van der Waals surface area contributed by atoms with Gasteiger partial charge in [0.1, 0.15) is 0 Å². The number of carbonyl (C=O) groups is 1. The van der Waals surface area contributed by atoms with Crippen LogP contribution in [0.4, 0.5) is 0 Å². The molecular weight excluding hydrogens is 280 g/mol. The van der Waals surface area contributed by atoms with Crippen LogP contribution < -0.4 is 5.73 Å². The quantitative estimate of drug-likeness (QED) is 0.931. The molecule has 1 saturated heterocycles. The van der Waals surface area contributed by atoms with E-state index in [2.05, 4.69) is 16.8 Å². The molecule has 1 amide bonds. The van der Waals surface area contributed by atoms with Crippen molar-refractivity contribution in [1.82, 2.24) is 4.90 Å². The molecule has 2 N–H and O–H groups in total. The van der Waals surface area contributed by atoms with Crippen molar-refractivity contribution in [3.63, 3.8) is 0 Å². The zero-order valence-corrected chi connectivity index (χ0v) is 12.6. The van der Waals surface area contributed by atoms with Crippen molar-refractivity contribution in [2.45, 2.75) is 31.7 Å². The minimum absolute atomic E-state index is 0. The summed E-state index contributed by atoms with van der Waals surface area (Å²) in [6.07, 6.45) is 3.87. The second-order valence-corrected chi connectivity index (χ2v) is 6.38. The van der Waals surface area contributed by atoms with Crippen LogP contribution in [0, 0.1) is 11.8 Å². The predicted octanol–water partition coefficient (Wildman–Crippen LogP) is 2.30. The van der Waals surface area contributed by atoms with Gasteiger partial charge in [-0.2, -0.15) is 11.3 Å². The summed E-state index contributed by atoms with van der Waals surface area (Å²) in [6, 6.07) is 2.43. The number of hydrogen-bond acceptors (Lipinski definition) is 3. The Morgan fingerprint density at radius 1 is 1.42 bits per heavy atom. The fourth-order valence-corrected chi connectivity index (χ4v) is 4.06. The fourth-order valence-electron chi connectivity index (χ4n) is 3.36. The highest BCUT2D eigenvalue weighted by molar-refractivity contribution is 7.07. The lowest BCUT2D eigenvalue weighted by molar-refractivity contribution is -0.130. The number of nitrogens with two attached hydrogens (primary N) is 1. The highest BCUT2D eigenvalue weighted by Gasteiger charge is 2.42. The minimum Gasteiger partial charge on any atom is -0.342 e. The molecule has 3 rings (SSSR count). The van der Waals surface area contributed by atoms with Crippen LogP contribution in [0.3, 0.4) is 0 Å². The number of likely N-dealkylation sites (tertiary alicyclic amines) is 1. The lowest BCUT2D eigenvalue weighted by Crippen LogP contribution is -2.33. The maximum absolute atomic E-state index is 12.2. The molecule has 3 unspecified atom stereocenters. The third kappa shape index (κ3) is 3.12. The van der Waals surface area contributed by atoms with E-state index in [4.69, 9.17) is 5.73 Å². The van der Waals surface area contributed by atoms with Crippen LogP contribution in [-0.2, 0) is 11.2 Å². The van der Waals surface area contributed by atoms with E-state index in [9.17, 15) is 4.79 Å². The molecule has 3 atom stereocenters. The van der Waals surface area contributed by atoms with Gasteiger partial charge in [-0.15, -0.1) is 12.4 Å². The van der Waals surface area contributed by atoms with Gasteiger partial charge >= 0.3 is 0 Å². The van der Waals surface area contributed by atoms with Gasteiger partial charge in [-0.3, -0.25) is 4.79 Å². The summed E-state index contributed by atoms with van der Waals surface area (Å²) in [7, 11) is 0. The Labute approximate surface area is 124 Å². The number of halogens is 1. The third-order valence-corrected chi connectivity index (χ3v) is 5.20. The van der Waals surface area contributed by atoms with Gasteiger partial charge < -0.3 is 10.6 Å². The molecule has 5 heteroatoms. The standard InChI is InChI=1S/C14H20N2OS.ClH/c15-13-3-2-11-7-16(8-12(11)13)14(17)4-1-10-5-6-18-9-10;/h5-6,9,11-13H,1-4,7-8,15H2;1H. The van der Waals surface area contributed by atoms with Crippen molar-refractivity contribution in [2.75, 3.05) is 13.1 Å². The molecule has 0 spiro atoms. The molecule has 0 radical (unpaired) electrons. The summed E-state index contributed by atoms with van der Waals surface area (Å²) in [5.74, 6) is 1.54. The highest BCUT2D eigenvalue weighted by Crippen LogP contribution is 2.37. The molecule has 3 nitrogen and oxygen atoms in total. The zero-order chi connectivity index (χ0) is 12.5.